The first-order valence-electron chi connectivity index (χ1n) is 6.62. The van der Waals surface area contributed by atoms with Crippen molar-refractivity contribution in [1.82, 2.24) is 0 Å². The van der Waals surface area contributed by atoms with Gasteiger partial charge in [-0.25, -0.2) is 0 Å². The molecule has 0 radical (unpaired) electrons. The molecule has 1 aliphatic heterocycles. The molecule has 2 unspecified atom stereocenters. The minimum Gasteiger partial charge on any atom is -0.457 e. The predicted octanol–water partition coefficient (Wildman–Crippen LogP) is 3.53. The quantitative estimate of drug-likeness (QED) is 0.781. The van der Waals surface area contributed by atoms with Crippen molar-refractivity contribution in [1.29, 1.82) is 0 Å². The number of ether oxygens (including phenoxy) is 1. The van der Waals surface area contributed by atoms with Gasteiger partial charge >= 0.3 is 5.97 Å². The topological polar surface area (TPSA) is 26.3 Å². The molecule has 3 rings (SSSR count). The van der Waals surface area contributed by atoms with Gasteiger partial charge in [0.2, 0.25) is 0 Å². The molecule has 0 spiro atoms. The van der Waals surface area contributed by atoms with E-state index in [0.717, 1.165) is 18.4 Å². The number of hydrogen-bond acceptors (Lipinski definition) is 2. The Kier molecular flexibility index (Phi) is 3.32. The zero-order valence-electron chi connectivity index (χ0n) is 10.7. The summed E-state index contributed by atoms with van der Waals surface area (Å²) in [7, 11) is 0. The van der Waals surface area contributed by atoms with Crippen molar-refractivity contribution in [3.63, 3.8) is 0 Å². The summed E-state index contributed by atoms with van der Waals surface area (Å²) in [5, 5.41) is 0. The normalized spacial score (nSPS) is 22.2. The summed E-state index contributed by atoms with van der Waals surface area (Å²) in [6.45, 7) is 0. The van der Waals surface area contributed by atoms with Crippen molar-refractivity contribution in [3.05, 3.63) is 71.8 Å². The summed E-state index contributed by atoms with van der Waals surface area (Å²) in [5.74, 6) is -0.0923. The highest BCUT2D eigenvalue weighted by molar-refractivity contribution is 5.75. The molecule has 2 nitrogen and oxygen atoms in total. The largest absolute Gasteiger partial charge is 0.457 e. The lowest BCUT2D eigenvalue weighted by molar-refractivity contribution is -0.144. The highest BCUT2D eigenvalue weighted by Crippen LogP contribution is 2.34. The Morgan fingerprint density at radius 1 is 0.947 bits per heavy atom. The van der Waals surface area contributed by atoms with Crippen LogP contribution < -0.4 is 0 Å². The van der Waals surface area contributed by atoms with E-state index < -0.39 is 0 Å². The van der Waals surface area contributed by atoms with Gasteiger partial charge < -0.3 is 4.74 Å². The number of hydrogen-bond donors (Lipinski definition) is 0. The van der Waals surface area contributed by atoms with Gasteiger partial charge in [-0.15, -0.1) is 0 Å². The van der Waals surface area contributed by atoms with E-state index in [2.05, 4.69) is 12.1 Å². The smallest absolute Gasteiger partial charge is 0.310 e. The Morgan fingerprint density at radius 2 is 1.58 bits per heavy atom. The Balaban J connectivity index is 1.71. The van der Waals surface area contributed by atoms with E-state index in [0.29, 0.717) is 0 Å². The first-order valence-corrected chi connectivity index (χ1v) is 6.62. The van der Waals surface area contributed by atoms with Gasteiger partial charge in [0.25, 0.3) is 0 Å². The second-order valence-electron chi connectivity index (χ2n) is 4.96. The molecule has 1 aliphatic rings. The number of rotatable bonds is 3. The first kappa shape index (κ1) is 12.0. The monoisotopic (exact) mass is 252 g/mol. The van der Waals surface area contributed by atoms with Crippen molar-refractivity contribution in [2.24, 2.45) is 5.92 Å². The van der Waals surface area contributed by atoms with Gasteiger partial charge in [0.15, 0.2) is 0 Å². The zero-order valence-corrected chi connectivity index (χ0v) is 10.7. The van der Waals surface area contributed by atoms with E-state index in [-0.39, 0.29) is 18.0 Å². The molecule has 0 aromatic heterocycles. The van der Waals surface area contributed by atoms with Crippen LogP contribution in [-0.2, 0) is 16.0 Å². The van der Waals surface area contributed by atoms with Crippen LogP contribution in [0.5, 0.6) is 0 Å². The Bertz CT molecular complexity index is 548. The van der Waals surface area contributed by atoms with Gasteiger partial charge in [0.05, 0.1) is 5.92 Å². The molecular formula is C17H16O2. The van der Waals surface area contributed by atoms with Gasteiger partial charge in [-0.1, -0.05) is 60.7 Å². The van der Waals surface area contributed by atoms with E-state index in [4.69, 9.17) is 4.74 Å². The van der Waals surface area contributed by atoms with E-state index in [1.807, 2.05) is 48.5 Å². The molecular weight excluding hydrogens is 236 g/mol. The summed E-state index contributed by atoms with van der Waals surface area (Å²) in [6.07, 6.45) is 1.46. The SMILES string of the molecule is O=C1OC(c2ccccc2)CC1Cc1ccccc1. The molecule has 1 saturated heterocycles. The van der Waals surface area contributed by atoms with Crippen LogP contribution in [0.25, 0.3) is 0 Å². The Hall–Kier alpha value is -2.09. The fourth-order valence-corrected chi connectivity index (χ4v) is 2.58. The van der Waals surface area contributed by atoms with Crippen LogP contribution in [0, 0.1) is 5.92 Å². The van der Waals surface area contributed by atoms with Crippen molar-refractivity contribution >= 4 is 5.97 Å². The average Bonchev–Trinajstić information content (AvgIpc) is 2.82. The summed E-state index contributed by atoms with van der Waals surface area (Å²) in [6, 6.07) is 20.1. The van der Waals surface area contributed by atoms with Crippen LogP contribution in [0.2, 0.25) is 0 Å². The van der Waals surface area contributed by atoms with E-state index in [1.54, 1.807) is 0 Å². The molecule has 0 saturated carbocycles. The van der Waals surface area contributed by atoms with Gasteiger partial charge in [-0.2, -0.15) is 0 Å². The fraction of sp³-hybridized carbons (Fsp3) is 0.235. The van der Waals surface area contributed by atoms with Gasteiger partial charge in [-0.05, 0) is 17.5 Å². The summed E-state index contributed by atoms with van der Waals surface area (Å²) >= 11 is 0. The predicted molar refractivity (Wildman–Crippen MR) is 73.5 cm³/mol. The molecule has 2 aromatic carbocycles. The number of cyclic esters (lactones) is 1. The highest BCUT2D eigenvalue weighted by Gasteiger charge is 2.34. The maximum atomic E-state index is 11.9. The van der Waals surface area contributed by atoms with Gasteiger partial charge in [0.1, 0.15) is 6.10 Å². The van der Waals surface area contributed by atoms with Crippen molar-refractivity contribution in [3.8, 4) is 0 Å². The highest BCUT2D eigenvalue weighted by atomic mass is 16.5. The zero-order chi connectivity index (χ0) is 13.1. The summed E-state index contributed by atoms with van der Waals surface area (Å²) in [4.78, 5) is 11.9. The third kappa shape index (κ3) is 2.68. The Labute approximate surface area is 113 Å². The molecule has 0 amide bonds. The summed E-state index contributed by atoms with van der Waals surface area (Å²) < 4.78 is 5.49. The molecule has 19 heavy (non-hydrogen) atoms. The van der Waals surface area contributed by atoms with E-state index >= 15 is 0 Å². The van der Waals surface area contributed by atoms with Gasteiger partial charge in [0, 0.05) is 6.42 Å². The Morgan fingerprint density at radius 3 is 2.26 bits per heavy atom. The number of esters is 1. The lowest BCUT2D eigenvalue weighted by atomic mass is 9.94. The van der Waals surface area contributed by atoms with E-state index in [9.17, 15) is 4.79 Å². The van der Waals surface area contributed by atoms with Crippen molar-refractivity contribution in [2.75, 3.05) is 0 Å². The average molecular weight is 252 g/mol. The molecule has 1 fully saturated rings. The molecule has 96 valence electrons. The molecule has 0 bridgehead atoms. The second-order valence-corrected chi connectivity index (χ2v) is 4.96. The number of benzene rings is 2. The van der Waals surface area contributed by atoms with Crippen LogP contribution in [0.1, 0.15) is 23.7 Å². The third-order valence-corrected chi connectivity index (χ3v) is 3.59. The third-order valence-electron chi connectivity index (χ3n) is 3.59. The fourth-order valence-electron chi connectivity index (χ4n) is 2.58. The minimum absolute atomic E-state index is 0.0207. The second kappa shape index (κ2) is 5.27. The molecule has 2 heteroatoms. The van der Waals surface area contributed by atoms with Crippen LogP contribution >= 0.6 is 0 Å². The lowest BCUT2D eigenvalue weighted by Crippen LogP contribution is -2.10. The van der Waals surface area contributed by atoms with Crippen LogP contribution in [-0.4, -0.2) is 5.97 Å². The maximum Gasteiger partial charge on any atom is 0.310 e. The lowest BCUT2D eigenvalue weighted by Gasteiger charge is -2.08. The molecule has 0 N–H and O–H groups in total. The number of carbonyl (C=O) groups excluding carboxylic acids is 1. The minimum atomic E-state index is -0.0811. The molecule has 0 aliphatic carbocycles. The van der Waals surface area contributed by atoms with Crippen LogP contribution in [0.4, 0.5) is 0 Å². The van der Waals surface area contributed by atoms with Crippen molar-refractivity contribution in [2.45, 2.75) is 18.9 Å². The molecule has 1 heterocycles. The van der Waals surface area contributed by atoms with Crippen LogP contribution in [0.3, 0.4) is 0 Å². The first-order chi connectivity index (χ1) is 9.33. The van der Waals surface area contributed by atoms with E-state index in [1.165, 1.54) is 5.56 Å². The van der Waals surface area contributed by atoms with Gasteiger partial charge in [-0.3, -0.25) is 4.79 Å². The number of carbonyl (C=O) groups is 1. The standard InChI is InChI=1S/C17H16O2/c18-17-15(11-13-7-3-1-4-8-13)12-16(19-17)14-9-5-2-6-10-14/h1-10,15-16H,11-12H2. The van der Waals surface area contributed by atoms with Crippen LogP contribution in [0.15, 0.2) is 60.7 Å². The maximum absolute atomic E-state index is 11.9. The molecule has 2 atom stereocenters. The molecule has 2 aromatic rings. The van der Waals surface area contributed by atoms with Crippen molar-refractivity contribution < 1.29 is 9.53 Å². The summed E-state index contributed by atoms with van der Waals surface area (Å²) in [5.41, 5.74) is 2.28.